The lowest BCUT2D eigenvalue weighted by atomic mass is 9.99. The summed E-state index contributed by atoms with van der Waals surface area (Å²) in [4.78, 5) is 4.32. The summed E-state index contributed by atoms with van der Waals surface area (Å²) in [6.07, 6.45) is 1.10. The lowest BCUT2D eigenvalue weighted by molar-refractivity contribution is 0.483. The van der Waals surface area contributed by atoms with E-state index in [-0.39, 0.29) is 4.90 Å². The summed E-state index contributed by atoms with van der Waals surface area (Å²) >= 11 is 0. The largest absolute Gasteiger partial charge is 0.294 e. The Hall–Kier alpha value is -1.98. The fourth-order valence-corrected chi connectivity index (χ4v) is 2.71. The fourth-order valence-electron chi connectivity index (χ4n) is 2.23. The predicted molar refractivity (Wildman–Crippen MR) is 88.2 cm³/mol. The number of fused-ring (bicyclic) bond motifs is 1. The third-order valence-corrected chi connectivity index (χ3v) is 4.32. The van der Waals surface area contributed by atoms with Crippen LogP contribution in [0.3, 0.4) is 0 Å². The van der Waals surface area contributed by atoms with Crippen LogP contribution < -0.4 is 0 Å². The smallest absolute Gasteiger partial charge is 0.289 e. The number of hydrogen-bond donors (Lipinski definition) is 1. The maximum Gasteiger partial charge on any atom is 0.294 e. The van der Waals surface area contributed by atoms with Gasteiger partial charge in [-0.25, -0.2) is 0 Å². The second-order valence-corrected chi connectivity index (χ2v) is 6.58. The van der Waals surface area contributed by atoms with Crippen LogP contribution in [0, 0.1) is 6.92 Å². The zero-order valence-corrected chi connectivity index (χ0v) is 13.5. The Kier molecular flexibility index (Phi) is 5.11. The van der Waals surface area contributed by atoms with Gasteiger partial charge in [0.2, 0.25) is 0 Å². The van der Waals surface area contributed by atoms with E-state index >= 15 is 0 Å². The molecule has 2 aromatic rings. The average molecular weight is 317 g/mol. The fraction of sp³-hybridized carbons (Fsp3) is 0.235. The molecule has 0 saturated carbocycles. The highest BCUT2D eigenvalue weighted by molar-refractivity contribution is 7.85. The van der Waals surface area contributed by atoms with Crippen molar-refractivity contribution in [2.75, 3.05) is 6.54 Å². The molecule has 0 bridgehead atoms. The second-order valence-electron chi connectivity index (χ2n) is 5.16. The molecule has 0 radical (unpaired) electrons. The molecular weight excluding hydrogens is 298 g/mol. The Balaban J connectivity index is 0.000000160. The van der Waals surface area contributed by atoms with Crippen LogP contribution in [-0.2, 0) is 16.5 Å². The van der Waals surface area contributed by atoms with Crippen molar-refractivity contribution >= 4 is 15.8 Å². The topological polar surface area (TPSA) is 66.7 Å². The molecule has 0 unspecified atom stereocenters. The molecule has 0 amide bonds. The minimum Gasteiger partial charge on any atom is -0.289 e. The summed E-state index contributed by atoms with van der Waals surface area (Å²) in [7, 11) is -4.02. The molecule has 116 valence electrons. The van der Waals surface area contributed by atoms with E-state index in [1.54, 1.807) is 12.1 Å². The average Bonchev–Trinajstić information content (AvgIpc) is 2.48. The number of nitrogens with zero attached hydrogens (tertiary/aromatic N) is 1. The minimum absolute atomic E-state index is 0.0666. The van der Waals surface area contributed by atoms with Gasteiger partial charge in [-0.05, 0) is 43.5 Å². The molecule has 0 aliphatic carbocycles. The first-order chi connectivity index (χ1) is 10.4. The van der Waals surface area contributed by atoms with Gasteiger partial charge in [0.25, 0.3) is 10.1 Å². The van der Waals surface area contributed by atoms with Gasteiger partial charge in [0.15, 0.2) is 0 Å². The Morgan fingerprint density at radius 2 is 1.64 bits per heavy atom. The minimum atomic E-state index is -4.02. The summed E-state index contributed by atoms with van der Waals surface area (Å²) in [5, 5.41) is 0. The van der Waals surface area contributed by atoms with Crippen LogP contribution in [0.15, 0.2) is 58.4 Å². The van der Waals surface area contributed by atoms with E-state index in [1.165, 1.54) is 29.0 Å². The standard InChI is InChI=1S/C10H11N.C7H8O3S/c1-8-10-5-3-2-4-9(10)6-7-11-8;1-6-2-4-7(5-3-6)11(8,9)10/h2-5H,6-7H2,1H3;2-5H,1H3,(H,8,9,10). The van der Waals surface area contributed by atoms with Crippen molar-refractivity contribution in [2.45, 2.75) is 25.2 Å². The predicted octanol–water partition coefficient (Wildman–Crippen LogP) is 3.29. The molecular formula is C17H19NO3S. The Labute approximate surface area is 131 Å². The molecule has 1 heterocycles. The van der Waals surface area contributed by atoms with Crippen molar-refractivity contribution < 1.29 is 13.0 Å². The molecule has 5 heteroatoms. The molecule has 0 saturated heterocycles. The SMILES string of the molecule is CC1=NCCc2ccccc21.Cc1ccc(S(=O)(=O)O)cc1. The molecule has 0 atom stereocenters. The van der Waals surface area contributed by atoms with Crippen LogP contribution >= 0.6 is 0 Å². The summed E-state index contributed by atoms with van der Waals surface area (Å²) in [5.74, 6) is 0. The van der Waals surface area contributed by atoms with Crippen molar-refractivity contribution in [3.05, 3.63) is 65.2 Å². The van der Waals surface area contributed by atoms with Crippen LogP contribution in [0.1, 0.15) is 23.6 Å². The molecule has 0 spiro atoms. The summed E-state index contributed by atoms with van der Waals surface area (Å²) in [5.41, 5.74) is 4.92. The van der Waals surface area contributed by atoms with E-state index < -0.39 is 10.1 Å². The molecule has 0 fully saturated rings. The van der Waals surface area contributed by atoms with Gasteiger partial charge < -0.3 is 0 Å². The molecule has 0 aromatic heterocycles. The highest BCUT2D eigenvalue weighted by Gasteiger charge is 2.08. The van der Waals surface area contributed by atoms with Crippen molar-refractivity contribution in [1.82, 2.24) is 0 Å². The van der Waals surface area contributed by atoms with E-state index in [4.69, 9.17) is 4.55 Å². The van der Waals surface area contributed by atoms with E-state index in [9.17, 15) is 8.42 Å². The van der Waals surface area contributed by atoms with E-state index in [0.717, 1.165) is 18.5 Å². The van der Waals surface area contributed by atoms with Gasteiger partial charge in [-0.3, -0.25) is 9.55 Å². The highest BCUT2D eigenvalue weighted by atomic mass is 32.2. The first-order valence-electron chi connectivity index (χ1n) is 7.01. The normalized spacial score (nSPS) is 13.5. The Bertz CT molecular complexity index is 778. The molecule has 1 aliphatic rings. The van der Waals surface area contributed by atoms with Crippen LogP contribution in [-0.4, -0.2) is 25.2 Å². The van der Waals surface area contributed by atoms with Gasteiger partial charge in [-0.15, -0.1) is 0 Å². The first-order valence-corrected chi connectivity index (χ1v) is 8.45. The number of hydrogen-bond acceptors (Lipinski definition) is 3. The Morgan fingerprint density at radius 3 is 2.23 bits per heavy atom. The van der Waals surface area contributed by atoms with Gasteiger partial charge in [-0.1, -0.05) is 42.0 Å². The third kappa shape index (κ3) is 4.26. The quantitative estimate of drug-likeness (QED) is 0.821. The van der Waals surface area contributed by atoms with Gasteiger partial charge in [0.1, 0.15) is 0 Å². The zero-order valence-electron chi connectivity index (χ0n) is 12.7. The summed E-state index contributed by atoms with van der Waals surface area (Å²) in [6, 6.07) is 14.5. The van der Waals surface area contributed by atoms with Crippen molar-refractivity contribution in [2.24, 2.45) is 4.99 Å². The van der Waals surface area contributed by atoms with Crippen molar-refractivity contribution in [3.8, 4) is 0 Å². The van der Waals surface area contributed by atoms with E-state index in [1.807, 2.05) is 6.92 Å². The lowest BCUT2D eigenvalue weighted by Gasteiger charge is -2.12. The van der Waals surface area contributed by atoms with Crippen molar-refractivity contribution in [3.63, 3.8) is 0 Å². The maximum absolute atomic E-state index is 10.5. The molecule has 4 nitrogen and oxygen atoms in total. The Morgan fingerprint density at radius 1 is 1.00 bits per heavy atom. The van der Waals surface area contributed by atoms with Crippen LogP contribution in [0.2, 0.25) is 0 Å². The van der Waals surface area contributed by atoms with E-state index in [2.05, 4.69) is 36.2 Å². The lowest BCUT2D eigenvalue weighted by Crippen LogP contribution is -2.08. The monoisotopic (exact) mass is 317 g/mol. The zero-order chi connectivity index (χ0) is 16.2. The third-order valence-electron chi connectivity index (χ3n) is 3.46. The van der Waals surface area contributed by atoms with Crippen LogP contribution in [0.25, 0.3) is 0 Å². The second kappa shape index (κ2) is 6.85. The number of aliphatic imine (C=N–C) groups is 1. The van der Waals surface area contributed by atoms with Gasteiger partial charge in [0, 0.05) is 12.3 Å². The maximum atomic E-state index is 10.5. The summed E-state index contributed by atoms with van der Waals surface area (Å²) in [6.45, 7) is 4.88. The van der Waals surface area contributed by atoms with Gasteiger partial charge >= 0.3 is 0 Å². The number of benzene rings is 2. The van der Waals surface area contributed by atoms with Crippen LogP contribution in [0.5, 0.6) is 0 Å². The van der Waals surface area contributed by atoms with E-state index in [0.29, 0.717) is 0 Å². The van der Waals surface area contributed by atoms with Gasteiger partial charge in [0.05, 0.1) is 4.90 Å². The molecule has 1 aliphatic heterocycles. The van der Waals surface area contributed by atoms with Gasteiger partial charge in [-0.2, -0.15) is 8.42 Å². The number of aryl methyl sites for hydroxylation is 1. The molecule has 2 aromatic carbocycles. The molecule has 3 rings (SSSR count). The number of rotatable bonds is 1. The highest BCUT2D eigenvalue weighted by Crippen LogP contribution is 2.14. The van der Waals surface area contributed by atoms with Crippen LogP contribution in [0.4, 0.5) is 0 Å². The first kappa shape index (κ1) is 16.4. The summed E-state index contributed by atoms with van der Waals surface area (Å²) < 4.78 is 29.6. The molecule has 22 heavy (non-hydrogen) atoms. The van der Waals surface area contributed by atoms with Crippen molar-refractivity contribution in [1.29, 1.82) is 0 Å². The molecule has 1 N–H and O–H groups in total.